The van der Waals surface area contributed by atoms with Crippen LogP contribution in [0.15, 0.2) is 24.3 Å². The number of carbonyl (C=O) groups excluding carboxylic acids is 1. The number of rotatable bonds is 4. The van der Waals surface area contributed by atoms with Gasteiger partial charge in [-0.25, -0.2) is 4.39 Å². The maximum Gasteiger partial charge on any atom is 0.251 e. The molecule has 0 radical (unpaired) electrons. The molecule has 1 saturated carbocycles. The van der Waals surface area contributed by atoms with Crippen molar-refractivity contribution < 1.29 is 13.9 Å². The van der Waals surface area contributed by atoms with Crippen molar-refractivity contribution in [3.05, 3.63) is 35.6 Å². The molecule has 1 aliphatic carbocycles. The summed E-state index contributed by atoms with van der Waals surface area (Å²) in [5.74, 6) is -0.569. The van der Waals surface area contributed by atoms with Crippen molar-refractivity contribution in [3.63, 3.8) is 0 Å². The largest absolute Gasteiger partial charge is 0.379 e. The van der Waals surface area contributed by atoms with Crippen LogP contribution in [0.3, 0.4) is 0 Å². The van der Waals surface area contributed by atoms with E-state index in [2.05, 4.69) is 10.2 Å². The molecule has 2 aliphatic rings. The summed E-state index contributed by atoms with van der Waals surface area (Å²) < 4.78 is 18.8. The SMILES string of the molecule is O=C(NCC1(N2CCOCC2)CCCCC1)c1cccc(F)c1. The number of nitrogens with one attached hydrogen (secondary N) is 1. The Bertz CT molecular complexity index is 538. The highest BCUT2D eigenvalue weighted by Gasteiger charge is 2.38. The van der Waals surface area contributed by atoms with E-state index >= 15 is 0 Å². The number of nitrogens with zero attached hydrogens (tertiary/aromatic N) is 1. The molecule has 1 amide bonds. The van der Waals surface area contributed by atoms with Crippen LogP contribution in [0.1, 0.15) is 42.5 Å². The van der Waals surface area contributed by atoms with E-state index in [0.29, 0.717) is 12.1 Å². The molecular formula is C18H25FN2O2. The molecule has 23 heavy (non-hydrogen) atoms. The third kappa shape index (κ3) is 3.90. The molecule has 1 aromatic rings. The van der Waals surface area contributed by atoms with Gasteiger partial charge in [-0.2, -0.15) is 0 Å². The van der Waals surface area contributed by atoms with Crippen LogP contribution >= 0.6 is 0 Å². The number of benzene rings is 1. The molecule has 1 saturated heterocycles. The van der Waals surface area contributed by atoms with Crippen molar-refractivity contribution in [2.24, 2.45) is 0 Å². The summed E-state index contributed by atoms with van der Waals surface area (Å²) in [4.78, 5) is 14.8. The second kappa shape index (κ2) is 7.41. The summed E-state index contributed by atoms with van der Waals surface area (Å²) in [5.41, 5.74) is 0.420. The fourth-order valence-corrected chi connectivity index (χ4v) is 3.83. The van der Waals surface area contributed by atoms with E-state index < -0.39 is 0 Å². The first kappa shape index (κ1) is 16.4. The van der Waals surface area contributed by atoms with Crippen LogP contribution in [0.2, 0.25) is 0 Å². The molecular weight excluding hydrogens is 295 g/mol. The van der Waals surface area contributed by atoms with Crippen LogP contribution in [0.25, 0.3) is 0 Å². The van der Waals surface area contributed by atoms with E-state index in [9.17, 15) is 9.18 Å². The third-order valence-electron chi connectivity index (χ3n) is 5.13. The van der Waals surface area contributed by atoms with Crippen molar-refractivity contribution >= 4 is 5.91 Å². The van der Waals surface area contributed by atoms with Crippen LogP contribution < -0.4 is 5.32 Å². The van der Waals surface area contributed by atoms with Gasteiger partial charge < -0.3 is 10.1 Å². The van der Waals surface area contributed by atoms with Crippen LogP contribution in [0, 0.1) is 5.82 Å². The van der Waals surface area contributed by atoms with Gasteiger partial charge in [0.1, 0.15) is 5.82 Å². The number of halogens is 1. The molecule has 0 unspecified atom stereocenters. The van der Waals surface area contributed by atoms with Crippen LogP contribution in [-0.4, -0.2) is 49.2 Å². The number of morpholine rings is 1. The van der Waals surface area contributed by atoms with Crippen molar-refractivity contribution in [2.45, 2.75) is 37.6 Å². The Morgan fingerprint density at radius 3 is 2.65 bits per heavy atom. The van der Waals surface area contributed by atoms with E-state index in [1.807, 2.05) is 0 Å². The van der Waals surface area contributed by atoms with Gasteiger partial charge in [-0.3, -0.25) is 9.69 Å². The molecule has 5 heteroatoms. The zero-order valence-corrected chi connectivity index (χ0v) is 13.5. The number of carbonyl (C=O) groups is 1. The van der Waals surface area contributed by atoms with Gasteiger partial charge in [-0.15, -0.1) is 0 Å². The lowest BCUT2D eigenvalue weighted by Gasteiger charge is -2.48. The summed E-state index contributed by atoms with van der Waals surface area (Å²) in [6.07, 6.45) is 5.89. The summed E-state index contributed by atoms with van der Waals surface area (Å²) >= 11 is 0. The smallest absolute Gasteiger partial charge is 0.251 e. The standard InChI is InChI=1S/C18H25FN2O2/c19-16-6-4-5-15(13-16)17(22)20-14-18(7-2-1-3-8-18)21-9-11-23-12-10-21/h4-6,13H,1-3,7-12,14H2,(H,20,22). The first-order chi connectivity index (χ1) is 11.2. The molecule has 0 spiro atoms. The van der Waals surface area contributed by atoms with E-state index in [0.717, 1.165) is 39.1 Å². The minimum Gasteiger partial charge on any atom is -0.379 e. The monoisotopic (exact) mass is 320 g/mol. The second-order valence-electron chi connectivity index (χ2n) is 6.58. The Morgan fingerprint density at radius 1 is 1.22 bits per heavy atom. The molecule has 4 nitrogen and oxygen atoms in total. The molecule has 0 aromatic heterocycles. The van der Waals surface area contributed by atoms with Crippen LogP contribution in [0.4, 0.5) is 4.39 Å². The highest BCUT2D eigenvalue weighted by Crippen LogP contribution is 2.33. The lowest BCUT2D eigenvalue weighted by Crippen LogP contribution is -2.59. The van der Waals surface area contributed by atoms with Gasteiger partial charge in [0, 0.05) is 30.7 Å². The predicted octanol–water partition coefficient (Wildman–Crippen LogP) is 2.59. The Hall–Kier alpha value is -1.46. The van der Waals surface area contributed by atoms with E-state index in [1.165, 1.54) is 31.4 Å². The van der Waals surface area contributed by atoms with E-state index in [1.54, 1.807) is 12.1 Å². The molecule has 1 aliphatic heterocycles. The minimum atomic E-state index is -0.377. The summed E-state index contributed by atoms with van der Waals surface area (Å²) in [7, 11) is 0. The van der Waals surface area contributed by atoms with Gasteiger partial charge in [-0.05, 0) is 31.0 Å². The van der Waals surface area contributed by atoms with Crippen molar-refractivity contribution in [1.29, 1.82) is 0 Å². The zero-order valence-electron chi connectivity index (χ0n) is 13.5. The molecule has 0 bridgehead atoms. The maximum atomic E-state index is 13.3. The average Bonchev–Trinajstić information content (AvgIpc) is 2.61. The lowest BCUT2D eigenvalue weighted by atomic mass is 9.79. The Balaban J connectivity index is 1.67. The van der Waals surface area contributed by atoms with Gasteiger partial charge in [0.2, 0.25) is 0 Å². The summed E-state index contributed by atoms with van der Waals surface area (Å²) in [5, 5.41) is 3.05. The Morgan fingerprint density at radius 2 is 1.96 bits per heavy atom. The molecule has 1 aromatic carbocycles. The van der Waals surface area contributed by atoms with Gasteiger partial charge in [0.25, 0.3) is 5.91 Å². The van der Waals surface area contributed by atoms with Gasteiger partial charge in [0.15, 0.2) is 0 Å². The highest BCUT2D eigenvalue weighted by atomic mass is 19.1. The molecule has 2 fully saturated rings. The summed E-state index contributed by atoms with van der Waals surface area (Å²) in [6, 6.07) is 5.87. The molecule has 0 atom stereocenters. The van der Waals surface area contributed by atoms with Gasteiger partial charge in [-0.1, -0.05) is 25.3 Å². The normalized spacial score (nSPS) is 21.8. The van der Waals surface area contributed by atoms with Gasteiger partial charge in [0.05, 0.1) is 13.2 Å². The first-order valence-corrected chi connectivity index (χ1v) is 8.56. The first-order valence-electron chi connectivity index (χ1n) is 8.56. The predicted molar refractivity (Wildman–Crippen MR) is 86.9 cm³/mol. The lowest BCUT2D eigenvalue weighted by molar-refractivity contribution is -0.0361. The van der Waals surface area contributed by atoms with E-state index in [-0.39, 0.29) is 17.3 Å². The average molecular weight is 320 g/mol. The Kier molecular flexibility index (Phi) is 5.28. The van der Waals surface area contributed by atoms with E-state index in [4.69, 9.17) is 4.74 Å². The zero-order chi connectivity index (χ0) is 16.1. The third-order valence-corrected chi connectivity index (χ3v) is 5.13. The topological polar surface area (TPSA) is 41.6 Å². The molecule has 1 heterocycles. The number of ether oxygens (including phenoxy) is 1. The van der Waals surface area contributed by atoms with Crippen LogP contribution in [-0.2, 0) is 4.74 Å². The quantitative estimate of drug-likeness (QED) is 0.927. The molecule has 126 valence electrons. The number of amides is 1. The minimum absolute atomic E-state index is 0.0328. The van der Waals surface area contributed by atoms with Crippen molar-refractivity contribution in [3.8, 4) is 0 Å². The number of hydrogen-bond acceptors (Lipinski definition) is 3. The fraction of sp³-hybridized carbons (Fsp3) is 0.611. The number of hydrogen-bond donors (Lipinski definition) is 1. The van der Waals surface area contributed by atoms with Gasteiger partial charge >= 0.3 is 0 Å². The maximum absolute atomic E-state index is 13.3. The highest BCUT2D eigenvalue weighted by molar-refractivity contribution is 5.94. The second-order valence-corrected chi connectivity index (χ2v) is 6.58. The van der Waals surface area contributed by atoms with Crippen molar-refractivity contribution in [2.75, 3.05) is 32.8 Å². The van der Waals surface area contributed by atoms with Crippen LogP contribution in [0.5, 0.6) is 0 Å². The molecule has 3 rings (SSSR count). The Labute approximate surface area is 137 Å². The van der Waals surface area contributed by atoms with Crippen molar-refractivity contribution in [1.82, 2.24) is 10.2 Å². The fourth-order valence-electron chi connectivity index (χ4n) is 3.83. The summed E-state index contributed by atoms with van der Waals surface area (Å²) in [6.45, 7) is 4.01. The molecule has 1 N–H and O–H groups in total.